The second-order valence-electron chi connectivity index (χ2n) is 5.96. The Hall–Kier alpha value is -1.62. The van der Waals surface area contributed by atoms with E-state index in [1.54, 1.807) is 6.07 Å². The molecule has 0 spiro atoms. The zero-order chi connectivity index (χ0) is 14.3. The Morgan fingerprint density at radius 2 is 2.25 bits per heavy atom. The summed E-state index contributed by atoms with van der Waals surface area (Å²) in [6.07, 6.45) is 4.02. The van der Waals surface area contributed by atoms with E-state index in [0.29, 0.717) is 12.1 Å². The Balaban J connectivity index is 1.86. The van der Waals surface area contributed by atoms with E-state index in [4.69, 9.17) is 5.11 Å². The predicted octanol–water partition coefficient (Wildman–Crippen LogP) is 1.76. The molecule has 0 aromatic carbocycles. The van der Waals surface area contributed by atoms with Crippen molar-refractivity contribution >= 4 is 11.8 Å². The van der Waals surface area contributed by atoms with Gasteiger partial charge in [0.2, 0.25) is 0 Å². The van der Waals surface area contributed by atoms with Crippen molar-refractivity contribution in [2.45, 2.75) is 38.8 Å². The Kier molecular flexibility index (Phi) is 3.38. The van der Waals surface area contributed by atoms with Crippen molar-refractivity contribution < 1.29 is 9.90 Å². The van der Waals surface area contributed by atoms with Gasteiger partial charge in [0.05, 0.1) is 5.56 Å². The predicted molar refractivity (Wildman–Crippen MR) is 77.3 cm³/mol. The third-order valence-electron chi connectivity index (χ3n) is 4.51. The number of aryl methyl sites for hydroxylation is 1. The van der Waals surface area contributed by atoms with Crippen molar-refractivity contribution in [3.8, 4) is 0 Å². The molecule has 2 saturated heterocycles. The van der Waals surface area contributed by atoms with Gasteiger partial charge in [-0.3, -0.25) is 4.90 Å². The van der Waals surface area contributed by atoms with E-state index in [-0.39, 0.29) is 5.56 Å². The number of hydrogen-bond donors (Lipinski definition) is 1. The lowest BCUT2D eigenvalue weighted by molar-refractivity contribution is 0.0696. The number of anilines is 1. The highest BCUT2D eigenvalue weighted by molar-refractivity contribution is 5.87. The summed E-state index contributed by atoms with van der Waals surface area (Å²) < 4.78 is 0. The number of piperazine rings is 1. The minimum atomic E-state index is -0.916. The molecule has 0 amide bonds. The van der Waals surface area contributed by atoms with Crippen molar-refractivity contribution in [3.63, 3.8) is 0 Å². The summed E-state index contributed by atoms with van der Waals surface area (Å²) in [5.41, 5.74) is 1.21. The Bertz CT molecular complexity index is 532. The quantitative estimate of drug-likeness (QED) is 0.891. The van der Waals surface area contributed by atoms with Gasteiger partial charge in [0, 0.05) is 31.4 Å². The van der Waals surface area contributed by atoms with E-state index >= 15 is 0 Å². The van der Waals surface area contributed by atoms with Gasteiger partial charge < -0.3 is 10.0 Å². The van der Waals surface area contributed by atoms with Gasteiger partial charge in [-0.25, -0.2) is 9.78 Å². The fourth-order valence-corrected chi connectivity index (χ4v) is 3.47. The van der Waals surface area contributed by atoms with Crippen molar-refractivity contribution in [3.05, 3.63) is 23.4 Å². The molecule has 5 nitrogen and oxygen atoms in total. The first-order valence-electron chi connectivity index (χ1n) is 7.27. The standard InChI is InChI=1S/C15H21N3O2/c1-10-6-12(15(19)20)7-16-14(10)18-9-13-4-3-5-17(13)8-11(18)2/h6-7,11,13H,3-5,8-9H2,1-2H3,(H,19,20). The van der Waals surface area contributed by atoms with E-state index in [1.165, 1.54) is 25.6 Å². The molecule has 0 radical (unpaired) electrons. The topological polar surface area (TPSA) is 56.7 Å². The minimum Gasteiger partial charge on any atom is -0.478 e. The first-order chi connectivity index (χ1) is 9.56. The number of fused-ring (bicyclic) bond motifs is 1. The van der Waals surface area contributed by atoms with Crippen molar-refractivity contribution in [2.24, 2.45) is 0 Å². The van der Waals surface area contributed by atoms with E-state index in [1.807, 2.05) is 6.92 Å². The van der Waals surface area contributed by atoms with Crippen LogP contribution < -0.4 is 4.90 Å². The molecule has 0 aliphatic carbocycles. The van der Waals surface area contributed by atoms with Crippen LogP contribution >= 0.6 is 0 Å². The Morgan fingerprint density at radius 3 is 2.95 bits per heavy atom. The van der Waals surface area contributed by atoms with Gasteiger partial charge in [0.15, 0.2) is 0 Å². The molecule has 0 saturated carbocycles. The number of nitrogens with zero attached hydrogens (tertiary/aromatic N) is 3. The highest BCUT2D eigenvalue weighted by Gasteiger charge is 2.35. The molecule has 1 N–H and O–H groups in total. The molecule has 1 aromatic heterocycles. The second-order valence-corrected chi connectivity index (χ2v) is 5.96. The van der Waals surface area contributed by atoms with Gasteiger partial charge in [-0.15, -0.1) is 0 Å². The lowest BCUT2D eigenvalue weighted by atomic mass is 10.1. The molecular formula is C15H21N3O2. The Labute approximate surface area is 119 Å². The fourth-order valence-electron chi connectivity index (χ4n) is 3.47. The van der Waals surface area contributed by atoms with Crippen LogP contribution in [0.1, 0.15) is 35.7 Å². The zero-order valence-electron chi connectivity index (χ0n) is 12.0. The van der Waals surface area contributed by atoms with Crippen LogP contribution in [-0.4, -0.2) is 52.7 Å². The molecule has 2 unspecified atom stereocenters. The van der Waals surface area contributed by atoms with Crippen molar-refractivity contribution in [1.82, 2.24) is 9.88 Å². The molecular weight excluding hydrogens is 254 g/mol. The SMILES string of the molecule is Cc1cc(C(=O)O)cnc1N1CC2CCCN2CC1C. The molecule has 1 aromatic rings. The molecule has 108 valence electrons. The summed E-state index contributed by atoms with van der Waals surface area (Å²) in [6, 6.07) is 2.77. The van der Waals surface area contributed by atoms with Gasteiger partial charge in [0.1, 0.15) is 5.82 Å². The van der Waals surface area contributed by atoms with Crippen LogP contribution in [0.25, 0.3) is 0 Å². The highest BCUT2D eigenvalue weighted by Crippen LogP contribution is 2.29. The summed E-state index contributed by atoms with van der Waals surface area (Å²) in [6.45, 7) is 7.46. The van der Waals surface area contributed by atoms with Gasteiger partial charge >= 0.3 is 5.97 Å². The van der Waals surface area contributed by atoms with Crippen LogP contribution in [0.3, 0.4) is 0 Å². The summed E-state index contributed by atoms with van der Waals surface area (Å²) in [7, 11) is 0. The smallest absolute Gasteiger partial charge is 0.337 e. The molecule has 2 aliphatic rings. The van der Waals surface area contributed by atoms with E-state index in [0.717, 1.165) is 24.5 Å². The van der Waals surface area contributed by atoms with Crippen LogP contribution in [0.4, 0.5) is 5.82 Å². The molecule has 0 bridgehead atoms. The number of rotatable bonds is 2. The number of aromatic carboxylic acids is 1. The van der Waals surface area contributed by atoms with Crippen molar-refractivity contribution in [1.29, 1.82) is 0 Å². The molecule has 5 heteroatoms. The first-order valence-corrected chi connectivity index (χ1v) is 7.27. The average molecular weight is 275 g/mol. The number of carboxylic acids is 1. The molecule has 2 fully saturated rings. The van der Waals surface area contributed by atoms with Gasteiger partial charge in [-0.1, -0.05) is 0 Å². The largest absolute Gasteiger partial charge is 0.478 e. The lowest BCUT2D eigenvalue weighted by Crippen LogP contribution is -2.55. The lowest BCUT2D eigenvalue weighted by Gasteiger charge is -2.43. The molecule has 20 heavy (non-hydrogen) atoms. The van der Waals surface area contributed by atoms with Gasteiger partial charge in [-0.05, 0) is 44.9 Å². The monoisotopic (exact) mass is 275 g/mol. The maximum Gasteiger partial charge on any atom is 0.337 e. The van der Waals surface area contributed by atoms with Crippen LogP contribution in [0.5, 0.6) is 0 Å². The molecule has 3 rings (SSSR count). The average Bonchev–Trinajstić information content (AvgIpc) is 2.84. The maximum atomic E-state index is 11.0. The van der Waals surface area contributed by atoms with E-state index in [9.17, 15) is 4.79 Å². The van der Waals surface area contributed by atoms with Crippen LogP contribution in [-0.2, 0) is 0 Å². The first kappa shape index (κ1) is 13.4. The molecule has 3 heterocycles. The van der Waals surface area contributed by atoms with Crippen LogP contribution in [0.15, 0.2) is 12.3 Å². The van der Waals surface area contributed by atoms with Gasteiger partial charge in [0.25, 0.3) is 0 Å². The third kappa shape index (κ3) is 2.26. The number of carboxylic acid groups (broad SMARTS) is 1. The number of hydrogen-bond acceptors (Lipinski definition) is 4. The molecule has 2 aliphatic heterocycles. The second kappa shape index (κ2) is 5.05. The molecule has 2 atom stereocenters. The number of carbonyl (C=O) groups is 1. The van der Waals surface area contributed by atoms with Gasteiger partial charge in [-0.2, -0.15) is 0 Å². The highest BCUT2D eigenvalue weighted by atomic mass is 16.4. The fraction of sp³-hybridized carbons (Fsp3) is 0.600. The van der Waals surface area contributed by atoms with Crippen LogP contribution in [0, 0.1) is 6.92 Å². The van der Waals surface area contributed by atoms with Crippen LogP contribution in [0.2, 0.25) is 0 Å². The van der Waals surface area contributed by atoms with Crippen molar-refractivity contribution in [2.75, 3.05) is 24.5 Å². The van der Waals surface area contributed by atoms with E-state index < -0.39 is 5.97 Å². The summed E-state index contributed by atoms with van der Waals surface area (Å²) in [4.78, 5) is 20.3. The normalized spacial score (nSPS) is 26.6. The third-order valence-corrected chi connectivity index (χ3v) is 4.51. The number of pyridine rings is 1. The summed E-state index contributed by atoms with van der Waals surface area (Å²) >= 11 is 0. The maximum absolute atomic E-state index is 11.0. The summed E-state index contributed by atoms with van der Waals surface area (Å²) in [5, 5.41) is 9.03. The Morgan fingerprint density at radius 1 is 1.45 bits per heavy atom. The zero-order valence-corrected chi connectivity index (χ0v) is 12.0. The minimum absolute atomic E-state index is 0.262. The number of aromatic nitrogens is 1. The summed E-state index contributed by atoms with van der Waals surface area (Å²) in [5.74, 6) is 0.0230. The van der Waals surface area contributed by atoms with E-state index in [2.05, 4.69) is 21.7 Å².